The summed E-state index contributed by atoms with van der Waals surface area (Å²) in [5.74, 6) is 0. The van der Waals surface area contributed by atoms with Crippen LogP contribution in [0.2, 0.25) is 0 Å². The van der Waals surface area contributed by atoms with Crippen molar-refractivity contribution in [2.75, 3.05) is 0 Å². The van der Waals surface area contributed by atoms with Crippen molar-refractivity contribution in [1.29, 1.82) is 0 Å². The van der Waals surface area contributed by atoms with Crippen molar-refractivity contribution in [3.05, 3.63) is 359 Å². The maximum Gasteiger partial charge on any atom is 0.0541 e. The lowest BCUT2D eigenvalue weighted by Crippen LogP contribution is -2.20. The predicted molar refractivity (Wildman–Crippen MR) is 427 cm³/mol. The van der Waals surface area contributed by atoms with E-state index < -0.39 is 0 Å². The lowest BCUT2D eigenvalue weighted by atomic mass is 9.75. The van der Waals surface area contributed by atoms with E-state index in [9.17, 15) is 0 Å². The van der Waals surface area contributed by atoms with Gasteiger partial charge in [0.1, 0.15) is 0 Å². The standard InChI is InChI=1S/C99H74N2/c1-97(2)87-19-9-5-15-77(87)79-51-47-75(61-89(79)97)100-93-21-11-7-17-83(93)85-57-71(45-53-95(85)100)67-35-27-63(28-36-67)23-25-65-31-39-69(40-32-65)73-43-49-81-82-50-44-74(60-92(82)99(91(81)59-73)55-13-14-56-99)70-41-33-66(34-42-70)26-24-64-29-37-68(38-30-64)72-46-54-96-86(58-72)84-18-8-12-22-94(84)101(96)76-48-52-80-78-16-6-10-20-88(78)98(3,4)90(80)62-76/h5-12,15-54,57-62H,13-14,55-56H2,1-4H3/b25-23+,26-24+. The summed E-state index contributed by atoms with van der Waals surface area (Å²) in [6, 6.07) is 114. The molecule has 0 amide bonds. The summed E-state index contributed by atoms with van der Waals surface area (Å²) >= 11 is 0. The minimum absolute atomic E-state index is 0.0391. The number of fused-ring (bicyclic) bond motifs is 17. The highest BCUT2D eigenvalue weighted by Crippen LogP contribution is 2.59. The fraction of sp³-hybridized carbons (Fsp3) is 0.111. The SMILES string of the molecule is CC1(C)c2ccccc2-c2ccc(-n3c4ccccc4c4cc(-c5ccc(/C=C/c6ccc(-c7ccc8c(c7)C7(CCCC7)c7cc(-c9ccc(/C=C/c%10ccc(-c%11ccc%12c(c%11)c%11ccccc%11n%12-c%11ccc%12c(c%11)C(C)(C)c%11ccccc%11-%12)cc%10)cc9)ccc7-8)cc6)cc5)ccc43)cc21. The lowest BCUT2D eigenvalue weighted by molar-refractivity contribution is 0.550. The van der Waals surface area contributed by atoms with E-state index in [0.29, 0.717) is 0 Å². The number of aromatic nitrogens is 2. The van der Waals surface area contributed by atoms with Gasteiger partial charge in [0.15, 0.2) is 0 Å². The molecule has 0 N–H and O–H groups in total. The van der Waals surface area contributed by atoms with E-state index in [2.05, 4.69) is 364 Å². The van der Waals surface area contributed by atoms with Crippen LogP contribution in [0.25, 0.3) is 157 Å². The number of nitrogens with zero attached hydrogens (tertiary/aromatic N) is 2. The normalized spacial score (nSPS) is 14.9. The first-order valence-corrected chi connectivity index (χ1v) is 36.1. The Hall–Kier alpha value is -11.8. The van der Waals surface area contributed by atoms with Crippen LogP contribution in [0.4, 0.5) is 0 Å². The molecule has 0 saturated heterocycles. The summed E-state index contributed by atoms with van der Waals surface area (Å²) < 4.78 is 4.91. The van der Waals surface area contributed by atoms with Crippen LogP contribution < -0.4 is 0 Å². The Labute approximate surface area is 591 Å². The molecule has 16 aromatic rings. The van der Waals surface area contributed by atoms with Crippen molar-refractivity contribution in [2.24, 2.45) is 0 Å². The molecule has 2 heteroatoms. The Kier molecular flexibility index (Phi) is 13.3. The van der Waals surface area contributed by atoms with Gasteiger partial charge in [-0.25, -0.2) is 0 Å². The number of hydrogen-bond acceptors (Lipinski definition) is 0. The molecule has 4 aliphatic rings. The summed E-state index contributed by atoms with van der Waals surface area (Å²) in [5.41, 5.74) is 38.7. The zero-order valence-corrected chi connectivity index (χ0v) is 57.4. The first-order chi connectivity index (χ1) is 49.5. The van der Waals surface area contributed by atoms with Crippen LogP contribution >= 0.6 is 0 Å². The van der Waals surface area contributed by atoms with Crippen LogP contribution in [0.1, 0.15) is 109 Å². The maximum atomic E-state index is 2.53. The Morgan fingerprint density at radius 1 is 0.238 bits per heavy atom. The quantitative estimate of drug-likeness (QED) is 0.121. The Morgan fingerprint density at radius 3 is 0.931 bits per heavy atom. The zero-order valence-electron chi connectivity index (χ0n) is 57.4. The molecule has 0 aliphatic heterocycles. The number of hydrogen-bond donors (Lipinski definition) is 0. The van der Waals surface area contributed by atoms with Gasteiger partial charge in [-0.3, -0.25) is 0 Å². The van der Waals surface area contributed by atoms with Gasteiger partial charge in [-0.1, -0.05) is 295 Å². The van der Waals surface area contributed by atoms with Gasteiger partial charge < -0.3 is 9.13 Å². The van der Waals surface area contributed by atoms with Gasteiger partial charge in [0.25, 0.3) is 0 Å². The molecule has 2 nitrogen and oxygen atoms in total. The molecule has 2 heterocycles. The second-order valence-electron chi connectivity index (χ2n) is 29.9. The minimum Gasteiger partial charge on any atom is -0.309 e. The van der Waals surface area contributed by atoms with Gasteiger partial charge >= 0.3 is 0 Å². The van der Waals surface area contributed by atoms with Crippen LogP contribution in [0, 0.1) is 0 Å². The topological polar surface area (TPSA) is 9.86 Å². The van der Waals surface area contributed by atoms with Gasteiger partial charge in [-0.2, -0.15) is 0 Å². The van der Waals surface area contributed by atoms with E-state index in [0.717, 1.165) is 0 Å². The minimum atomic E-state index is -0.0642. The predicted octanol–water partition coefficient (Wildman–Crippen LogP) is 26.3. The lowest BCUT2D eigenvalue weighted by Gasteiger charge is -2.27. The van der Waals surface area contributed by atoms with E-state index >= 15 is 0 Å². The average Bonchev–Trinajstić information content (AvgIpc) is 1.56. The Balaban J connectivity index is 0.504. The van der Waals surface area contributed by atoms with E-state index in [-0.39, 0.29) is 16.2 Å². The highest BCUT2D eigenvalue weighted by Gasteiger charge is 2.45. The maximum absolute atomic E-state index is 2.53. The van der Waals surface area contributed by atoms with Crippen LogP contribution in [-0.4, -0.2) is 9.13 Å². The summed E-state index contributed by atoms with van der Waals surface area (Å²) in [4.78, 5) is 0. The number of benzene rings is 14. The number of para-hydroxylation sites is 2. The van der Waals surface area contributed by atoms with Crippen LogP contribution in [0.5, 0.6) is 0 Å². The molecule has 1 fully saturated rings. The van der Waals surface area contributed by atoms with Gasteiger partial charge in [0, 0.05) is 49.2 Å². The Bertz CT molecular complexity index is 5780. The van der Waals surface area contributed by atoms with Crippen molar-refractivity contribution in [3.8, 4) is 89.3 Å². The second kappa shape index (κ2) is 22.6. The third-order valence-electron chi connectivity index (χ3n) is 23.7. The van der Waals surface area contributed by atoms with Crippen LogP contribution in [0.3, 0.4) is 0 Å². The van der Waals surface area contributed by atoms with E-state index in [1.165, 1.54) is 214 Å². The first kappa shape index (κ1) is 59.2. The summed E-state index contributed by atoms with van der Waals surface area (Å²) in [6.45, 7) is 9.45. The largest absolute Gasteiger partial charge is 0.309 e. The molecule has 4 aliphatic carbocycles. The second-order valence-corrected chi connectivity index (χ2v) is 29.9. The fourth-order valence-corrected chi connectivity index (χ4v) is 18.4. The van der Waals surface area contributed by atoms with Crippen molar-refractivity contribution in [3.63, 3.8) is 0 Å². The monoisotopic (exact) mass is 1290 g/mol. The highest BCUT2D eigenvalue weighted by atomic mass is 15.0. The first-order valence-electron chi connectivity index (χ1n) is 36.1. The smallest absolute Gasteiger partial charge is 0.0541 e. The average molecular weight is 1290 g/mol. The van der Waals surface area contributed by atoms with E-state index in [1.54, 1.807) is 0 Å². The molecule has 1 saturated carbocycles. The summed E-state index contributed by atoms with van der Waals surface area (Å²) in [5, 5.41) is 5.07. The molecule has 0 radical (unpaired) electrons. The van der Waals surface area contributed by atoms with Gasteiger partial charge in [0.2, 0.25) is 0 Å². The van der Waals surface area contributed by atoms with Crippen molar-refractivity contribution < 1.29 is 0 Å². The van der Waals surface area contributed by atoms with Crippen LogP contribution in [0.15, 0.2) is 303 Å². The molecular weight excluding hydrogens is 1220 g/mol. The molecule has 101 heavy (non-hydrogen) atoms. The Morgan fingerprint density at radius 2 is 0.535 bits per heavy atom. The molecule has 2 aromatic heterocycles. The molecule has 14 aromatic carbocycles. The number of rotatable bonds is 10. The van der Waals surface area contributed by atoms with Crippen molar-refractivity contribution >= 4 is 67.9 Å². The van der Waals surface area contributed by atoms with E-state index in [1.807, 2.05) is 0 Å². The summed E-state index contributed by atoms with van der Waals surface area (Å²) in [6.07, 6.45) is 13.8. The summed E-state index contributed by atoms with van der Waals surface area (Å²) in [7, 11) is 0. The van der Waals surface area contributed by atoms with Crippen molar-refractivity contribution in [1.82, 2.24) is 9.13 Å². The molecule has 20 rings (SSSR count). The highest BCUT2D eigenvalue weighted by molar-refractivity contribution is 6.12. The van der Waals surface area contributed by atoms with E-state index in [4.69, 9.17) is 0 Å². The third kappa shape index (κ3) is 9.31. The molecular formula is C99H74N2. The van der Waals surface area contributed by atoms with Crippen LogP contribution in [-0.2, 0) is 16.2 Å². The van der Waals surface area contributed by atoms with Crippen molar-refractivity contribution in [2.45, 2.75) is 69.6 Å². The third-order valence-corrected chi connectivity index (χ3v) is 23.7. The van der Waals surface area contributed by atoms with Gasteiger partial charge in [-0.05, 0) is 219 Å². The molecule has 0 unspecified atom stereocenters. The molecule has 1 spiro atoms. The molecule has 0 atom stereocenters. The van der Waals surface area contributed by atoms with Gasteiger partial charge in [0.05, 0.1) is 22.1 Å². The molecule has 0 bridgehead atoms. The fourth-order valence-electron chi connectivity index (χ4n) is 18.4. The molecule has 480 valence electrons. The zero-order chi connectivity index (χ0) is 67.3. The van der Waals surface area contributed by atoms with Gasteiger partial charge in [-0.15, -0.1) is 0 Å².